The minimum Gasteiger partial charge on any atom is -0.339 e. The van der Waals surface area contributed by atoms with Gasteiger partial charge in [0, 0.05) is 18.1 Å². The summed E-state index contributed by atoms with van der Waals surface area (Å²) in [6.07, 6.45) is 5.58. The van der Waals surface area contributed by atoms with Gasteiger partial charge < -0.3 is 10.2 Å². The summed E-state index contributed by atoms with van der Waals surface area (Å²) >= 11 is 12.0. The number of carbonyl (C=O) groups is 2. The lowest BCUT2D eigenvalue weighted by atomic mass is 9.94. The Morgan fingerprint density at radius 1 is 1.00 bits per heavy atom. The third-order valence-corrected chi connectivity index (χ3v) is 5.57. The topological polar surface area (TPSA) is 49.4 Å². The number of para-hydroxylation sites is 1. The highest BCUT2D eigenvalue weighted by Gasteiger charge is 2.25. The maximum Gasteiger partial charge on any atom is 0.257 e. The van der Waals surface area contributed by atoms with Crippen molar-refractivity contribution in [1.29, 1.82) is 0 Å². The maximum atomic E-state index is 13.0. The molecule has 0 heterocycles. The first-order valence-electron chi connectivity index (χ1n) is 9.10. The molecule has 0 atom stereocenters. The molecule has 142 valence electrons. The Hall–Kier alpha value is -2.04. The molecule has 27 heavy (non-hydrogen) atoms. The number of nitrogens with one attached hydrogen (secondary N) is 1. The van der Waals surface area contributed by atoms with Crippen molar-refractivity contribution in [2.45, 2.75) is 38.1 Å². The first kappa shape index (κ1) is 19.7. The molecule has 0 radical (unpaired) electrons. The predicted molar refractivity (Wildman–Crippen MR) is 110 cm³/mol. The Kier molecular flexibility index (Phi) is 6.40. The summed E-state index contributed by atoms with van der Waals surface area (Å²) in [6, 6.07) is 12.0. The van der Waals surface area contributed by atoms with Crippen LogP contribution in [-0.4, -0.2) is 29.8 Å². The molecule has 2 aromatic rings. The fourth-order valence-electron chi connectivity index (χ4n) is 3.47. The van der Waals surface area contributed by atoms with Gasteiger partial charge in [-0.25, -0.2) is 0 Å². The predicted octanol–water partition coefficient (Wildman–Crippen LogP) is 5.65. The molecule has 2 amide bonds. The van der Waals surface area contributed by atoms with Gasteiger partial charge in [0.1, 0.15) is 0 Å². The van der Waals surface area contributed by atoms with Crippen LogP contribution in [0.4, 0.5) is 5.69 Å². The van der Waals surface area contributed by atoms with E-state index < -0.39 is 0 Å². The van der Waals surface area contributed by atoms with Crippen LogP contribution in [0.2, 0.25) is 10.0 Å². The minimum atomic E-state index is -0.378. The number of amides is 2. The van der Waals surface area contributed by atoms with E-state index in [-0.39, 0.29) is 22.9 Å². The molecular formula is C21H22Cl2N2O2. The summed E-state index contributed by atoms with van der Waals surface area (Å²) in [5, 5.41) is 3.54. The summed E-state index contributed by atoms with van der Waals surface area (Å²) in [5.41, 5.74) is 1.26. The molecule has 4 nitrogen and oxygen atoms in total. The van der Waals surface area contributed by atoms with Crippen molar-refractivity contribution >= 4 is 40.7 Å². The summed E-state index contributed by atoms with van der Waals surface area (Å²) in [7, 11) is 1.84. The number of anilines is 1. The van der Waals surface area contributed by atoms with Crippen molar-refractivity contribution in [3.63, 3.8) is 0 Å². The van der Waals surface area contributed by atoms with E-state index in [1.807, 2.05) is 7.05 Å². The van der Waals surface area contributed by atoms with E-state index in [9.17, 15) is 9.59 Å². The Morgan fingerprint density at radius 2 is 1.70 bits per heavy atom. The SMILES string of the molecule is CN(C(=O)c1ccccc1NC(=O)c1ccc(Cl)cc1Cl)C1CCCCC1. The van der Waals surface area contributed by atoms with Gasteiger partial charge in [-0.15, -0.1) is 0 Å². The minimum absolute atomic E-state index is 0.0833. The zero-order valence-electron chi connectivity index (χ0n) is 15.2. The Labute approximate surface area is 169 Å². The fraction of sp³-hybridized carbons (Fsp3) is 0.333. The second kappa shape index (κ2) is 8.77. The van der Waals surface area contributed by atoms with E-state index >= 15 is 0 Å². The van der Waals surface area contributed by atoms with E-state index in [2.05, 4.69) is 5.32 Å². The monoisotopic (exact) mass is 404 g/mol. The summed E-state index contributed by atoms with van der Waals surface area (Å²) in [6.45, 7) is 0. The number of benzene rings is 2. The molecule has 3 rings (SSSR count). The van der Waals surface area contributed by atoms with Crippen LogP contribution < -0.4 is 5.32 Å². The number of halogens is 2. The van der Waals surface area contributed by atoms with Gasteiger partial charge in [0.05, 0.1) is 21.8 Å². The number of carbonyl (C=O) groups excluding carboxylic acids is 2. The molecule has 1 aliphatic rings. The lowest BCUT2D eigenvalue weighted by Gasteiger charge is -2.31. The second-order valence-electron chi connectivity index (χ2n) is 6.83. The van der Waals surface area contributed by atoms with E-state index in [0.29, 0.717) is 21.8 Å². The third kappa shape index (κ3) is 4.63. The highest BCUT2D eigenvalue weighted by Crippen LogP contribution is 2.26. The number of rotatable bonds is 4. The van der Waals surface area contributed by atoms with Gasteiger partial charge in [0.2, 0.25) is 0 Å². The number of hydrogen-bond acceptors (Lipinski definition) is 2. The average Bonchev–Trinajstić information content (AvgIpc) is 2.68. The Balaban J connectivity index is 1.81. The third-order valence-electron chi connectivity index (χ3n) is 5.02. The quantitative estimate of drug-likeness (QED) is 0.715. The van der Waals surface area contributed by atoms with Gasteiger partial charge in [-0.3, -0.25) is 9.59 Å². The molecule has 0 spiro atoms. The van der Waals surface area contributed by atoms with E-state index in [1.54, 1.807) is 41.3 Å². The van der Waals surface area contributed by atoms with E-state index in [4.69, 9.17) is 23.2 Å². The van der Waals surface area contributed by atoms with Crippen molar-refractivity contribution in [2.24, 2.45) is 0 Å². The van der Waals surface area contributed by atoms with Crippen molar-refractivity contribution in [3.05, 3.63) is 63.6 Å². The molecule has 6 heteroatoms. The van der Waals surface area contributed by atoms with Crippen LogP contribution in [0.3, 0.4) is 0 Å². The molecular weight excluding hydrogens is 383 g/mol. The zero-order valence-corrected chi connectivity index (χ0v) is 16.7. The first-order chi connectivity index (χ1) is 13.0. The van der Waals surface area contributed by atoms with Crippen molar-refractivity contribution in [1.82, 2.24) is 4.90 Å². The molecule has 0 aromatic heterocycles. The summed E-state index contributed by atoms with van der Waals surface area (Å²) in [4.78, 5) is 27.5. The molecule has 0 saturated heterocycles. The largest absolute Gasteiger partial charge is 0.339 e. The van der Waals surface area contributed by atoms with Gasteiger partial charge in [-0.05, 0) is 43.2 Å². The molecule has 0 unspecified atom stereocenters. The number of hydrogen-bond donors (Lipinski definition) is 1. The standard InChI is InChI=1S/C21H22Cl2N2O2/c1-25(15-7-3-2-4-8-15)21(27)17-9-5-6-10-19(17)24-20(26)16-12-11-14(22)13-18(16)23/h5-6,9-13,15H,2-4,7-8H2,1H3,(H,24,26). The van der Waals surface area contributed by atoms with Gasteiger partial charge in [-0.2, -0.15) is 0 Å². The highest BCUT2D eigenvalue weighted by atomic mass is 35.5. The first-order valence-corrected chi connectivity index (χ1v) is 9.85. The van der Waals surface area contributed by atoms with Crippen LogP contribution in [0, 0.1) is 0 Å². The van der Waals surface area contributed by atoms with Crippen molar-refractivity contribution in [3.8, 4) is 0 Å². The molecule has 0 aliphatic heterocycles. The van der Waals surface area contributed by atoms with Crippen molar-refractivity contribution < 1.29 is 9.59 Å². The Bertz CT molecular complexity index is 848. The van der Waals surface area contributed by atoms with Gasteiger partial charge >= 0.3 is 0 Å². The van der Waals surface area contributed by atoms with Crippen molar-refractivity contribution in [2.75, 3.05) is 12.4 Å². The summed E-state index contributed by atoms with van der Waals surface area (Å²) in [5.74, 6) is -0.461. The van der Waals surface area contributed by atoms with Crippen LogP contribution >= 0.6 is 23.2 Å². The normalized spacial score (nSPS) is 14.6. The van der Waals surface area contributed by atoms with Gasteiger partial charge in [0.15, 0.2) is 0 Å². The highest BCUT2D eigenvalue weighted by molar-refractivity contribution is 6.37. The molecule has 1 saturated carbocycles. The van der Waals surface area contributed by atoms with Crippen LogP contribution in [0.1, 0.15) is 52.8 Å². The molecule has 0 bridgehead atoms. The Morgan fingerprint density at radius 3 is 2.41 bits per heavy atom. The average molecular weight is 405 g/mol. The van der Waals surface area contributed by atoms with Crippen LogP contribution in [0.25, 0.3) is 0 Å². The van der Waals surface area contributed by atoms with Gasteiger partial charge in [0.25, 0.3) is 11.8 Å². The lowest BCUT2D eigenvalue weighted by molar-refractivity contribution is 0.0697. The molecule has 1 N–H and O–H groups in total. The van der Waals surface area contributed by atoms with E-state index in [1.165, 1.54) is 12.5 Å². The fourth-order valence-corrected chi connectivity index (χ4v) is 3.96. The van der Waals surface area contributed by atoms with Crippen LogP contribution in [0.15, 0.2) is 42.5 Å². The second-order valence-corrected chi connectivity index (χ2v) is 7.68. The van der Waals surface area contributed by atoms with Crippen LogP contribution in [0.5, 0.6) is 0 Å². The smallest absolute Gasteiger partial charge is 0.257 e. The van der Waals surface area contributed by atoms with E-state index in [0.717, 1.165) is 25.7 Å². The van der Waals surface area contributed by atoms with Gasteiger partial charge in [-0.1, -0.05) is 54.6 Å². The molecule has 2 aromatic carbocycles. The van der Waals surface area contributed by atoms with Crippen LogP contribution in [-0.2, 0) is 0 Å². The zero-order chi connectivity index (χ0) is 19.4. The number of nitrogens with zero attached hydrogens (tertiary/aromatic N) is 1. The molecule has 1 aliphatic carbocycles. The lowest BCUT2D eigenvalue weighted by Crippen LogP contribution is -2.38. The maximum absolute atomic E-state index is 13.0. The molecule has 1 fully saturated rings. The summed E-state index contributed by atoms with van der Waals surface area (Å²) < 4.78 is 0.